The fourth-order valence-electron chi connectivity index (χ4n) is 3.90. The zero-order chi connectivity index (χ0) is 22.0. The highest BCUT2D eigenvalue weighted by molar-refractivity contribution is 5.99. The molecule has 2 heterocycles. The summed E-state index contributed by atoms with van der Waals surface area (Å²) in [6.45, 7) is 4.64. The highest BCUT2D eigenvalue weighted by Crippen LogP contribution is 2.29. The van der Waals surface area contributed by atoms with E-state index < -0.39 is 5.54 Å². The summed E-state index contributed by atoms with van der Waals surface area (Å²) in [6, 6.07) is 19.0. The largest absolute Gasteiger partial charge is 0.497 e. The first-order valence-electron chi connectivity index (χ1n) is 10.2. The van der Waals surface area contributed by atoms with E-state index >= 15 is 0 Å². The summed E-state index contributed by atoms with van der Waals surface area (Å²) in [5, 5.41) is 7.44. The molecule has 1 aliphatic heterocycles. The Morgan fingerprint density at radius 3 is 2.52 bits per heavy atom. The molecule has 1 unspecified atom stereocenters. The number of benzene rings is 2. The number of amides is 2. The number of hydrogen-bond donors (Lipinski definition) is 1. The second kappa shape index (κ2) is 8.26. The molecule has 4 rings (SSSR count). The van der Waals surface area contributed by atoms with Crippen LogP contribution in [0.2, 0.25) is 0 Å². The molecular formula is C24H26N4O3. The van der Waals surface area contributed by atoms with E-state index in [-0.39, 0.29) is 11.8 Å². The lowest BCUT2D eigenvalue weighted by Gasteiger charge is -2.43. The maximum atomic E-state index is 13.4. The average molecular weight is 418 g/mol. The zero-order valence-electron chi connectivity index (χ0n) is 18.0. The molecule has 1 atom stereocenters. The van der Waals surface area contributed by atoms with Gasteiger partial charge in [-0.2, -0.15) is 5.10 Å². The second-order valence-electron chi connectivity index (χ2n) is 8.01. The second-order valence-corrected chi connectivity index (χ2v) is 8.01. The highest BCUT2D eigenvalue weighted by Gasteiger charge is 2.47. The van der Waals surface area contributed by atoms with Crippen molar-refractivity contribution in [3.8, 4) is 5.75 Å². The van der Waals surface area contributed by atoms with Gasteiger partial charge in [-0.1, -0.05) is 42.5 Å². The number of methoxy groups -OCH3 is 1. The van der Waals surface area contributed by atoms with Crippen LogP contribution in [0.25, 0.3) is 0 Å². The summed E-state index contributed by atoms with van der Waals surface area (Å²) < 4.78 is 6.87. The van der Waals surface area contributed by atoms with Gasteiger partial charge in [0.1, 0.15) is 17.0 Å². The molecule has 7 heteroatoms. The average Bonchev–Trinajstić information content (AvgIpc) is 3.16. The predicted molar refractivity (Wildman–Crippen MR) is 117 cm³/mol. The summed E-state index contributed by atoms with van der Waals surface area (Å²) in [4.78, 5) is 28.4. The first kappa shape index (κ1) is 20.7. The Labute approximate surface area is 181 Å². The molecule has 2 aromatic carbocycles. The molecule has 0 bridgehead atoms. The molecule has 0 saturated heterocycles. The number of rotatable bonds is 6. The standard InChI is InChI=1S/C24H26N4O3/c1-17-13-21-22(29)27(15-19-9-11-20(31-3)12-10-19)24(2,16-28(21)26-17)23(30)25-14-18-7-5-4-6-8-18/h4-13H,14-16H2,1-3H3,(H,25,30). The number of aromatic nitrogens is 2. The molecule has 7 nitrogen and oxygen atoms in total. The van der Waals surface area contributed by atoms with E-state index in [1.54, 1.807) is 29.7 Å². The van der Waals surface area contributed by atoms with Crippen molar-refractivity contribution in [3.05, 3.63) is 83.2 Å². The SMILES string of the molecule is COc1ccc(CN2C(=O)c3cc(C)nn3CC2(C)C(=O)NCc2ccccc2)cc1. The molecule has 0 fully saturated rings. The van der Waals surface area contributed by atoms with Crippen LogP contribution in [0.4, 0.5) is 0 Å². The lowest BCUT2D eigenvalue weighted by molar-refractivity contribution is -0.133. The third kappa shape index (κ3) is 4.03. The van der Waals surface area contributed by atoms with Gasteiger partial charge in [0.05, 0.1) is 19.3 Å². The summed E-state index contributed by atoms with van der Waals surface area (Å²) in [5.41, 5.74) is 2.08. The number of fused-ring (bicyclic) bond motifs is 1. The molecule has 1 aliphatic rings. The fourth-order valence-corrected chi connectivity index (χ4v) is 3.90. The van der Waals surface area contributed by atoms with E-state index in [4.69, 9.17) is 4.74 Å². The van der Waals surface area contributed by atoms with Gasteiger partial charge in [0.15, 0.2) is 0 Å². The summed E-state index contributed by atoms with van der Waals surface area (Å²) in [6.07, 6.45) is 0. The van der Waals surface area contributed by atoms with Crippen molar-refractivity contribution >= 4 is 11.8 Å². The molecule has 0 saturated carbocycles. The topological polar surface area (TPSA) is 76.5 Å². The number of nitrogens with one attached hydrogen (secondary N) is 1. The zero-order valence-corrected chi connectivity index (χ0v) is 18.0. The van der Waals surface area contributed by atoms with Gasteiger partial charge in [-0.15, -0.1) is 0 Å². The molecule has 0 spiro atoms. The summed E-state index contributed by atoms with van der Waals surface area (Å²) in [7, 11) is 1.61. The van der Waals surface area contributed by atoms with Crippen molar-refractivity contribution in [1.82, 2.24) is 20.0 Å². The molecule has 160 valence electrons. The molecular weight excluding hydrogens is 392 g/mol. The molecule has 1 aromatic heterocycles. The van der Waals surface area contributed by atoms with Gasteiger partial charge in [0, 0.05) is 13.1 Å². The van der Waals surface area contributed by atoms with Crippen molar-refractivity contribution < 1.29 is 14.3 Å². The predicted octanol–water partition coefficient (Wildman–Crippen LogP) is 2.93. The molecule has 0 aliphatic carbocycles. The summed E-state index contributed by atoms with van der Waals surface area (Å²) >= 11 is 0. The monoisotopic (exact) mass is 418 g/mol. The molecule has 2 amide bonds. The van der Waals surface area contributed by atoms with Crippen LogP contribution in [0.5, 0.6) is 5.75 Å². The van der Waals surface area contributed by atoms with E-state index in [1.807, 2.05) is 61.5 Å². The maximum absolute atomic E-state index is 13.4. The minimum Gasteiger partial charge on any atom is -0.497 e. The van der Waals surface area contributed by atoms with E-state index in [2.05, 4.69) is 10.4 Å². The number of carbonyl (C=O) groups is 2. The lowest BCUT2D eigenvalue weighted by atomic mass is 9.94. The Hall–Kier alpha value is -3.61. The third-order valence-electron chi connectivity index (χ3n) is 5.70. The van der Waals surface area contributed by atoms with Crippen LogP contribution in [0, 0.1) is 6.92 Å². The van der Waals surface area contributed by atoms with Crippen LogP contribution in [0.3, 0.4) is 0 Å². The van der Waals surface area contributed by atoms with Crippen molar-refractivity contribution in [2.75, 3.05) is 7.11 Å². The van der Waals surface area contributed by atoms with Crippen LogP contribution in [-0.4, -0.2) is 39.1 Å². The van der Waals surface area contributed by atoms with Crippen molar-refractivity contribution in [3.63, 3.8) is 0 Å². The lowest BCUT2D eigenvalue weighted by Crippen LogP contribution is -2.63. The first-order valence-corrected chi connectivity index (χ1v) is 10.2. The fraction of sp³-hybridized carbons (Fsp3) is 0.292. The Morgan fingerprint density at radius 1 is 1.13 bits per heavy atom. The van der Waals surface area contributed by atoms with Crippen LogP contribution in [0.15, 0.2) is 60.7 Å². The number of aryl methyl sites for hydroxylation is 1. The maximum Gasteiger partial charge on any atom is 0.273 e. The molecule has 31 heavy (non-hydrogen) atoms. The normalized spacial score (nSPS) is 17.9. The van der Waals surface area contributed by atoms with Gasteiger partial charge in [0.2, 0.25) is 5.91 Å². The van der Waals surface area contributed by atoms with E-state index in [0.717, 1.165) is 22.6 Å². The van der Waals surface area contributed by atoms with Gasteiger partial charge in [-0.05, 0) is 43.2 Å². The molecule has 3 aromatic rings. The van der Waals surface area contributed by atoms with Crippen molar-refractivity contribution in [1.29, 1.82) is 0 Å². The summed E-state index contributed by atoms with van der Waals surface area (Å²) in [5.74, 6) is 0.322. The van der Waals surface area contributed by atoms with E-state index in [1.165, 1.54) is 0 Å². The van der Waals surface area contributed by atoms with Crippen LogP contribution in [-0.2, 0) is 24.4 Å². The first-order chi connectivity index (χ1) is 14.9. The number of ether oxygens (including phenoxy) is 1. The van der Waals surface area contributed by atoms with Gasteiger partial charge >= 0.3 is 0 Å². The van der Waals surface area contributed by atoms with Crippen LogP contribution < -0.4 is 10.1 Å². The minimum atomic E-state index is -1.09. The van der Waals surface area contributed by atoms with Gasteiger partial charge in [-0.25, -0.2) is 0 Å². The third-order valence-corrected chi connectivity index (χ3v) is 5.70. The van der Waals surface area contributed by atoms with Crippen LogP contribution in [0.1, 0.15) is 34.2 Å². The minimum absolute atomic E-state index is 0.208. The highest BCUT2D eigenvalue weighted by atomic mass is 16.5. The van der Waals surface area contributed by atoms with Crippen molar-refractivity contribution in [2.45, 2.75) is 39.0 Å². The van der Waals surface area contributed by atoms with Gasteiger partial charge < -0.3 is 15.0 Å². The van der Waals surface area contributed by atoms with Crippen molar-refractivity contribution in [2.24, 2.45) is 0 Å². The van der Waals surface area contributed by atoms with Gasteiger partial charge in [0.25, 0.3) is 5.91 Å². The van der Waals surface area contributed by atoms with Gasteiger partial charge in [-0.3, -0.25) is 14.3 Å². The molecule has 1 N–H and O–H groups in total. The quantitative estimate of drug-likeness (QED) is 0.668. The Morgan fingerprint density at radius 2 is 1.84 bits per heavy atom. The van der Waals surface area contributed by atoms with Crippen LogP contribution >= 0.6 is 0 Å². The number of nitrogens with zero attached hydrogens (tertiary/aromatic N) is 3. The van der Waals surface area contributed by atoms with E-state index in [9.17, 15) is 9.59 Å². The number of hydrogen-bond acceptors (Lipinski definition) is 4. The Balaban J connectivity index is 1.63. The molecule has 0 radical (unpaired) electrons. The van der Waals surface area contributed by atoms with E-state index in [0.29, 0.717) is 25.3 Å². The Bertz CT molecular complexity index is 1090. The number of carbonyl (C=O) groups excluding carboxylic acids is 2. The smallest absolute Gasteiger partial charge is 0.273 e. The Kier molecular flexibility index (Phi) is 5.50.